The Morgan fingerprint density at radius 2 is 1.56 bits per heavy atom. The van der Waals surface area contributed by atoms with Crippen molar-refractivity contribution < 1.29 is 24.2 Å². The lowest BCUT2D eigenvalue weighted by Crippen LogP contribution is -2.34. The zero-order valence-electron chi connectivity index (χ0n) is 16.8. The van der Waals surface area contributed by atoms with Crippen LogP contribution in [0.5, 0.6) is 0 Å². The van der Waals surface area contributed by atoms with Crippen LogP contribution in [0.3, 0.4) is 0 Å². The minimum atomic E-state index is -1.21. The second-order valence-corrected chi connectivity index (χ2v) is 7.63. The van der Waals surface area contributed by atoms with Crippen molar-refractivity contribution in [2.24, 2.45) is 0 Å². The Morgan fingerprint density at radius 1 is 0.938 bits per heavy atom. The third kappa shape index (κ3) is 4.43. The summed E-state index contributed by atoms with van der Waals surface area (Å²) >= 11 is 5.82. The van der Waals surface area contributed by atoms with E-state index in [4.69, 9.17) is 21.4 Å². The molecule has 162 valence electrons. The molecule has 0 heterocycles. The monoisotopic (exact) mass is 450 g/mol. The summed E-state index contributed by atoms with van der Waals surface area (Å²) in [5, 5.41) is 14.1. The van der Waals surface area contributed by atoms with E-state index in [1.165, 1.54) is 18.2 Å². The van der Waals surface area contributed by atoms with Crippen LogP contribution in [0.4, 0.5) is 10.5 Å². The number of carbonyl (C=O) groups is 3. The van der Waals surface area contributed by atoms with E-state index in [-0.39, 0.29) is 35.3 Å². The first-order chi connectivity index (χ1) is 15.4. The first kappa shape index (κ1) is 21.4. The SMILES string of the molecule is O=C(CNC(=O)OCC1c2ccccc2-c2ccccc21)Nc1ccc(Cl)c(C(=O)O)c1. The molecule has 0 atom stereocenters. The van der Waals surface area contributed by atoms with Crippen molar-refractivity contribution in [3.8, 4) is 11.1 Å². The first-order valence-electron chi connectivity index (χ1n) is 9.85. The van der Waals surface area contributed by atoms with Crippen molar-refractivity contribution in [3.63, 3.8) is 0 Å². The fourth-order valence-corrected chi connectivity index (χ4v) is 3.97. The number of carboxylic acid groups (broad SMARTS) is 1. The molecule has 1 aliphatic carbocycles. The molecule has 4 rings (SSSR count). The van der Waals surface area contributed by atoms with Crippen LogP contribution >= 0.6 is 11.6 Å². The number of amides is 2. The fourth-order valence-electron chi connectivity index (χ4n) is 3.77. The number of hydrogen-bond donors (Lipinski definition) is 3. The van der Waals surface area contributed by atoms with Crippen molar-refractivity contribution in [2.45, 2.75) is 5.92 Å². The van der Waals surface area contributed by atoms with Crippen LogP contribution in [-0.4, -0.2) is 36.2 Å². The van der Waals surface area contributed by atoms with Crippen LogP contribution in [0.15, 0.2) is 66.7 Å². The van der Waals surface area contributed by atoms with E-state index in [9.17, 15) is 14.4 Å². The zero-order chi connectivity index (χ0) is 22.7. The van der Waals surface area contributed by atoms with Gasteiger partial charge in [0.2, 0.25) is 5.91 Å². The number of benzene rings is 3. The molecule has 2 amide bonds. The molecule has 3 N–H and O–H groups in total. The summed E-state index contributed by atoms with van der Waals surface area (Å²) in [5.74, 6) is -1.81. The maximum atomic E-state index is 12.2. The minimum Gasteiger partial charge on any atom is -0.478 e. The molecule has 3 aromatic carbocycles. The highest BCUT2D eigenvalue weighted by atomic mass is 35.5. The average Bonchev–Trinajstić information content (AvgIpc) is 3.11. The van der Waals surface area contributed by atoms with Crippen LogP contribution < -0.4 is 10.6 Å². The number of nitrogens with one attached hydrogen (secondary N) is 2. The van der Waals surface area contributed by atoms with Crippen molar-refractivity contribution in [1.29, 1.82) is 0 Å². The predicted octanol–water partition coefficient (Wildman–Crippen LogP) is 4.52. The third-order valence-corrected chi connectivity index (χ3v) is 5.55. The van der Waals surface area contributed by atoms with Gasteiger partial charge < -0.3 is 20.5 Å². The van der Waals surface area contributed by atoms with Gasteiger partial charge in [-0.1, -0.05) is 60.1 Å². The highest BCUT2D eigenvalue weighted by Gasteiger charge is 2.29. The minimum absolute atomic E-state index is 0.0623. The number of carbonyl (C=O) groups excluding carboxylic acids is 2. The standard InChI is InChI=1S/C24H19ClN2O5/c25-21-10-9-14(11-19(21)23(29)30)27-22(28)12-26-24(31)32-13-20-17-7-3-1-5-15(17)16-6-2-4-8-18(16)20/h1-11,20H,12-13H2,(H,26,31)(H,27,28)(H,29,30). The Kier molecular flexibility index (Phi) is 6.09. The number of aromatic carboxylic acids is 1. The van der Waals surface area contributed by atoms with Crippen molar-refractivity contribution in [1.82, 2.24) is 5.32 Å². The van der Waals surface area contributed by atoms with Crippen molar-refractivity contribution in [2.75, 3.05) is 18.5 Å². The Bertz CT molecular complexity index is 1160. The lowest BCUT2D eigenvalue weighted by Gasteiger charge is -2.14. The van der Waals surface area contributed by atoms with Gasteiger partial charge in [0.25, 0.3) is 0 Å². The van der Waals surface area contributed by atoms with Gasteiger partial charge in [-0.2, -0.15) is 0 Å². The number of hydrogen-bond acceptors (Lipinski definition) is 4. The summed E-state index contributed by atoms with van der Waals surface area (Å²) in [7, 11) is 0. The van der Waals surface area contributed by atoms with Gasteiger partial charge >= 0.3 is 12.1 Å². The summed E-state index contributed by atoms with van der Waals surface area (Å²) in [6.45, 7) is -0.192. The molecular formula is C24H19ClN2O5. The van der Waals surface area contributed by atoms with Crippen LogP contribution in [0.2, 0.25) is 5.02 Å². The summed E-state index contributed by atoms with van der Waals surface area (Å²) in [6, 6.07) is 20.1. The second-order valence-electron chi connectivity index (χ2n) is 7.23. The van der Waals surface area contributed by atoms with E-state index >= 15 is 0 Å². The molecule has 32 heavy (non-hydrogen) atoms. The van der Waals surface area contributed by atoms with Gasteiger partial charge in [0, 0.05) is 11.6 Å². The van der Waals surface area contributed by atoms with Crippen LogP contribution in [0.1, 0.15) is 27.4 Å². The molecule has 7 nitrogen and oxygen atoms in total. The van der Waals surface area contributed by atoms with E-state index in [0.29, 0.717) is 0 Å². The quantitative estimate of drug-likeness (QED) is 0.512. The maximum Gasteiger partial charge on any atom is 0.407 e. The summed E-state index contributed by atoms with van der Waals surface area (Å²) in [4.78, 5) is 35.4. The molecule has 3 aromatic rings. The number of anilines is 1. The topological polar surface area (TPSA) is 105 Å². The van der Waals surface area contributed by atoms with E-state index in [1.54, 1.807) is 0 Å². The maximum absolute atomic E-state index is 12.2. The normalized spacial score (nSPS) is 11.9. The van der Waals surface area contributed by atoms with E-state index in [2.05, 4.69) is 10.6 Å². The molecule has 0 spiro atoms. The molecule has 0 unspecified atom stereocenters. The number of ether oxygens (including phenoxy) is 1. The fraction of sp³-hybridized carbons (Fsp3) is 0.125. The summed E-state index contributed by atoms with van der Waals surface area (Å²) in [5.41, 5.74) is 4.56. The molecule has 0 bridgehead atoms. The zero-order valence-corrected chi connectivity index (χ0v) is 17.6. The van der Waals surface area contributed by atoms with Gasteiger partial charge in [-0.25, -0.2) is 9.59 Å². The highest BCUT2D eigenvalue weighted by Crippen LogP contribution is 2.44. The molecule has 0 saturated heterocycles. The number of rotatable bonds is 6. The van der Waals surface area contributed by atoms with Crippen molar-refractivity contribution in [3.05, 3.63) is 88.4 Å². The number of carboxylic acids is 1. The lowest BCUT2D eigenvalue weighted by molar-refractivity contribution is -0.115. The number of halogens is 1. The highest BCUT2D eigenvalue weighted by molar-refractivity contribution is 6.33. The van der Waals surface area contributed by atoms with Gasteiger partial charge in [0.15, 0.2) is 0 Å². The Hall–Kier alpha value is -3.84. The predicted molar refractivity (Wildman–Crippen MR) is 120 cm³/mol. The first-order valence-corrected chi connectivity index (χ1v) is 10.2. The summed E-state index contributed by atoms with van der Waals surface area (Å²) in [6.07, 6.45) is -0.718. The van der Waals surface area contributed by atoms with E-state index in [0.717, 1.165) is 22.3 Å². The van der Waals surface area contributed by atoms with Crippen LogP contribution in [0.25, 0.3) is 11.1 Å². The molecule has 0 saturated carbocycles. The number of alkyl carbamates (subject to hydrolysis) is 1. The van der Waals surface area contributed by atoms with E-state index in [1.807, 2.05) is 48.5 Å². The average molecular weight is 451 g/mol. The van der Waals surface area contributed by atoms with Gasteiger partial charge in [0.1, 0.15) is 13.2 Å². The molecule has 0 fully saturated rings. The van der Waals surface area contributed by atoms with Gasteiger partial charge in [-0.3, -0.25) is 4.79 Å². The largest absolute Gasteiger partial charge is 0.478 e. The van der Waals surface area contributed by atoms with E-state index < -0.39 is 18.0 Å². The van der Waals surface area contributed by atoms with Gasteiger partial charge in [0.05, 0.1) is 10.6 Å². The molecule has 0 radical (unpaired) electrons. The molecule has 0 aromatic heterocycles. The third-order valence-electron chi connectivity index (χ3n) is 5.22. The Morgan fingerprint density at radius 3 is 2.19 bits per heavy atom. The van der Waals surface area contributed by atoms with Crippen LogP contribution in [-0.2, 0) is 9.53 Å². The smallest absolute Gasteiger partial charge is 0.407 e. The molecule has 1 aliphatic rings. The molecule has 0 aliphatic heterocycles. The Labute approximate surface area is 189 Å². The second kappa shape index (κ2) is 9.11. The lowest BCUT2D eigenvalue weighted by atomic mass is 9.98. The van der Waals surface area contributed by atoms with Gasteiger partial charge in [-0.15, -0.1) is 0 Å². The molecule has 8 heteroatoms. The number of fused-ring (bicyclic) bond motifs is 3. The van der Waals surface area contributed by atoms with Crippen LogP contribution in [0, 0.1) is 0 Å². The summed E-state index contributed by atoms with van der Waals surface area (Å²) < 4.78 is 5.38. The molecular weight excluding hydrogens is 432 g/mol. The van der Waals surface area contributed by atoms with Crippen molar-refractivity contribution >= 4 is 35.3 Å². The van der Waals surface area contributed by atoms with Gasteiger partial charge in [-0.05, 0) is 40.5 Å². The Balaban J connectivity index is 1.32.